The normalized spacial score (nSPS) is 27.3. The summed E-state index contributed by atoms with van der Waals surface area (Å²) >= 11 is 0. The van der Waals surface area contributed by atoms with Gasteiger partial charge in [-0.3, -0.25) is 9.69 Å². The van der Waals surface area contributed by atoms with Crippen molar-refractivity contribution in [3.63, 3.8) is 0 Å². The molecule has 1 aromatic rings. The molecule has 0 spiro atoms. The maximum Gasteiger partial charge on any atom is 0.237 e. The Balaban J connectivity index is 1.71. The minimum atomic E-state index is -0.526. The van der Waals surface area contributed by atoms with Crippen molar-refractivity contribution < 1.29 is 4.79 Å². The third kappa shape index (κ3) is 4.06. The minimum absolute atomic E-state index is 0.191. The molecule has 0 aromatic heterocycles. The van der Waals surface area contributed by atoms with E-state index in [0.29, 0.717) is 12.0 Å². The van der Waals surface area contributed by atoms with Crippen LogP contribution in [0.25, 0.3) is 0 Å². The Kier molecular flexibility index (Phi) is 5.80. The van der Waals surface area contributed by atoms with Gasteiger partial charge >= 0.3 is 0 Å². The summed E-state index contributed by atoms with van der Waals surface area (Å²) in [5, 5.41) is 3.46. The number of piperidine rings is 1. The smallest absolute Gasteiger partial charge is 0.237 e. The first-order chi connectivity index (χ1) is 12.0. The molecule has 2 atom stereocenters. The highest BCUT2D eigenvalue weighted by molar-refractivity contribution is 5.84. The highest BCUT2D eigenvalue weighted by Crippen LogP contribution is 2.38. The van der Waals surface area contributed by atoms with Crippen LogP contribution < -0.4 is 11.1 Å². The number of carbonyl (C=O) groups is 1. The van der Waals surface area contributed by atoms with Gasteiger partial charge in [-0.25, -0.2) is 0 Å². The van der Waals surface area contributed by atoms with E-state index in [-0.39, 0.29) is 11.9 Å². The van der Waals surface area contributed by atoms with Crippen LogP contribution in [0.15, 0.2) is 30.3 Å². The summed E-state index contributed by atoms with van der Waals surface area (Å²) in [6.45, 7) is 6.08. The van der Waals surface area contributed by atoms with E-state index < -0.39 is 5.54 Å². The molecule has 4 nitrogen and oxygen atoms in total. The summed E-state index contributed by atoms with van der Waals surface area (Å²) in [4.78, 5) is 14.7. The van der Waals surface area contributed by atoms with E-state index in [1.807, 2.05) is 0 Å². The first-order valence-electron chi connectivity index (χ1n) is 9.88. The molecule has 2 aliphatic rings. The number of amides is 1. The van der Waals surface area contributed by atoms with Crippen LogP contribution in [-0.4, -0.2) is 41.5 Å². The lowest BCUT2D eigenvalue weighted by Gasteiger charge is -2.47. The lowest BCUT2D eigenvalue weighted by molar-refractivity contribution is -0.127. The number of nitrogens with two attached hydrogens (primary N) is 1. The van der Waals surface area contributed by atoms with E-state index in [0.717, 1.165) is 25.9 Å². The molecule has 1 heterocycles. The van der Waals surface area contributed by atoms with Gasteiger partial charge in [0.15, 0.2) is 0 Å². The standard InChI is InChI=1S/C21H33N3O/c1-16(2)23-21(20(22)25)12-14-24(15-13-21)19-11-7-6-10-18(19)17-8-4-3-5-9-17/h3-5,8-9,16,18-19,23H,6-7,10-15H2,1-2H3,(H2,22,25)/t18-,19-/m0/s1. The van der Waals surface area contributed by atoms with Crippen molar-refractivity contribution in [2.45, 2.75) is 75.9 Å². The Morgan fingerprint density at radius 2 is 1.80 bits per heavy atom. The number of nitrogens with one attached hydrogen (secondary N) is 1. The number of benzene rings is 1. The van der Waals surface area contributed by atoms with Crippen molar-refractivity contribution in [2.75, 3.05) is 13.1 Å². The van der Waals surface area contributed by atoms with Gasteiger partial charge in [0.25, 0.3) is 0 Å². The molecule has 0 bridgehead atoms. The summed E-state index contributed by atoms with van der Waals surface area (Å²) in [5.41, 5.74) is 6.72. The maximum atomic E-state index is 12.1. The highest BCUT2D eigenvalue weighted by Gasteiger charge is 2.42. The van der Waals surface area contributed by atoms with Crippen LogP contribution >= 0.6 is 0 Å². The molecule has 1 saturated carbocycles. The fourth-order valence-corrected chi connectivity index (χ4v) is 4.89. The molecule has 3 rings (SSSR count). The molecular formula is C21H33N3O. The van der Waals surface area contributed by atoms with Crippen molar-refractivity contribution >= 4 is 5.91 Å². The predicted molar refractivity (Wildman–Crippen MR) is 102 cm³/mol. The second kappa shape index (κ2) is 7.88. The topological polar surface area (TPSA) is 58.4 Å². The molecule has 0 unspecified atom stereocenters. The maximum absolute atomic E-state index is 12.1. The van der Waals surface area contributed by atoms with Crippen LogP contribution in [0.3, 0.4) is 0 Å². The third-order valence-electron chi connectivity index (χ3n) is 6.11. The summed E-state index contributed by atoms with van der Waals surface area (Å²) in [6.07, 6.45) is 6.81. The molecule has 4 heteroatoms. The van der Waals surface area contributed by atoms with Gasteiger partial charge in [-0.05, 0) is 51.0 Å². The van der Waals surface area contributed by atoms with Crippen LogP contribution in [0.4, 0.5) is 0 Å². The van der Waals surface area contributed by atoms with Crippen LogP contribution in [-0.2, 0) is 4.79 Å². The Labute approximate surface area is 152 Å². The van der Waals surface area contributed by atoms with E-state index in [1.54, 1.807) is 0 Å². The fourth-order valence-electron chi connectivity index (χ4n) is 4.89. The lowest BCUT2D eigenvalue weighted by atomic mass is 9.77. The van der Waals surface area contributed by atoms with Gasteiger partial charge < -0.3 is 11.1 Å². The van der Waals surface area contributed by atoms with Crippen molar-refractivity contribution in [3.05, 3.63) is 35.9 Å². The summed E-state index contributed by atoms with van der Waals surface area (Å²) in [7, 11) is 0. The average Bonchev–Trinajstić information content (AvgIpc) is 2.62. The average molecular weight is 344 g/mol. The predicted octanol–water partition coefficient (Wildman–Crippen LogP) is 3.03. The summed E-state index contributed by atoms with van der Waals surface area (Å²) in [6, 6.07) is 11.8. The quantitative estimate of drug-likeness (QED) is 0.864. The van der Waals surface area contributed by atoms with Crippen LogP contribution in [0.1, 0.15) is 63.9 Å². The molecule has 0 radical (unpaired) electrons. The zero-order chi connectivity index (χ0) is 17.9. The first kappa shape index (κ1) is 18.4. The van der Waals surface area contributed by atoms with Crippen molar-refractivity contribution in [3.8, 4) is 0 Å². The summed E-state index contributed by atoms with van der Waals surface area (Å²) < 4.78 is 0. The number of carbonyl (C=O) groups excluding carboxylic acids is 1. The Bertz CT molecular complexity index is 564. The Hall–Kier alpha value is -1.39. The van der Waals surface area contributed by atoms with Gasteiger partial charge in [0.1, 0.15) is 5.54 Å². The van der Waals surface area contributed by atoms with Gasteiger partial charge in [-0.2, -0.15) is 0 Å². The van der Waals surface area contributed by atoms with E-state index >= 15 is 0 Å². The number of likely N-dealkylation sites (tertiary alicyclic amines) is 1. The lowest BCUT2D eigenvalue weighted by Crippen LogP contribution is -2.63. The molecule has 25 heavy (non-hydrogen) atoms. The zero-order valence-corrected chi connectivity index (χ0v) is 15.7. The van der Waals surface area contributed by atoms with Gasteiger partial charge in [0.05, 0.1) is 0 Å². The zero-order valence-electron chi connectivity index (χ0n) is 15.7. The number of hydrogen-bond donors (Lipinski definition) is 2. The molecule has 138 valence electrons. The monoisotopic (exact) mass is 343 g/mol. The SMILES string of the molecule is CC(C)NC1(C(N)=O)CCN([C@H]2CCCC[C@H]2c2ccccc2)CC1. The number of hydrogen-bond acceptors (Lipinski definition) is 3. The number of rotatable bonds is 5. The molecular weight excluding hydrogens is 310 g/mol. The minimum Gasteiger partial charge on any atom is -0.368 e. The molecule has 1 amide bonds. The van der Waals surface area contributed by atoms with E-state index in [9.17, 15) is 4.79 Å². The van der Waals surface area contributed by atoms with Crippen LogP contribution in [0.5, 0.6) is 0 Å². The van der Waals surface area contributed by atoms with Crippen molar-refractivity contribution in [1.29, 1.82) is 0 Å². The molecule has 1 aliphatic carbocycles. The number of primary amides is 1. The highest BCUT2D eigenvalue weighted by atomic mass is 16.1. The van der Waals surface area contributed by atoms with Crippen LogP contribution in [0.2, 0.25) is 0 Å². The Morgan fingerprint density at radius 3 is 2.40 bits per heavy atom. The molecule has 3 N–H and O–H groups in total. The van der Waals surface area contributed by atoms with Gasteiger partial charge in [0, 0.05) is 25.2 Å². The largest absolute Gasteiger partial charge is 0.368 e. The summed E-state index contributed by atoms with van der Waals surface area (Å²) in [5.74, 6) is 0.429. The molecule has 1 saturated heterocycles. The van der Waals surface area contributed by atoms with Gasteiger partial charge in [0.2, 0.25) is 5.91 Å². The first-order valence-corrected chi connectivity index (χ1v) is 9.88. The van der Waals surface area contributed by atoms with Gasteiger partial charge in [-0.15, -0.1) is 0 Å². The van der Waals surface area contributed by atoms with Crippen molar-refractivity contribution in [1.82, 2.24) is 10.2 Å². The third-order valence-corrected chi connectivity index (χ3v) is 6.11. The molecule has 2 fully saturated rings. The van der Waals surface area contributed by atoms with E-state index in [4.69, 9.17) is 5.73 Å². The molecule has 1 aromatic carbocycles. The fraction of sp³-hybridized carbons (Fsp3) is 0.667. The van der Waals surface area contributed by atoms with Crippen LogP contribution in [0, 0.1) is 0 Å². The number of nitrogens with zero attached hydrogens (tertiary/aromatic N) is 1. The van der Waals surface area contributed by atoms with Crippen molar-refractivity contribution in [2.24, 2.45) is 5.73 Å². The second-order valence-corrected chi connectivity index (χ2v) is 8.15. The van der Waals surface area contributed by atoms with E-state index in [1.165, 1.54) is 31.2 Å². The van der Waals surface area contributed by atoms with Gasteiger partial charge in [-0.1, -0.05) is 43.2 Å². The molecule has 1 aliphatic heterocycles. The second-order valence-electron chi connectivity index (χ2n) is 8.15. The Morgan fingerprint density at radius 1 is 1.16 bits per heavy atom. The van der Waals surface area contributed by atoms with E-state index in [2.05, 4.69) is 54.4 Å².